The highest BCUT2D eigenvalue weighted by Gasteiger charge is 2.11. The largest absolute Gasteiger partial charge is 0.398 e. The van der Waals surface area contributed by atoms with Crippen LogP contribution in [0.3, 0.4) is 0 Å². The van der Waals surface area contributed by atoms with Crippen LogP contribution in [0.2, 0.25) is 10.0 Å². The van der Waals surface area contributed by atoms with E-state index in [1.165, 1.54) is 18.2 Å². The van der Waals surface area contributed by atoms with Gasteiger partial charge in [0.15, 0.2) is 0 Å². The number of rotatable bonds is 2. The number of nitrogens with two attached hydrogens (primary N) is 1. The highest BCUT2D eigenvalue weighted by Crippen LogP contribution is 2.22. The number of nitrogen functional groups attached to an aromatic ring is 1. The minimum absolute atomic E-state index is 0.268. The van der Waals surface area contributed by atoms with E-state index in [1.54, 1.807) is 18.2 Å². The molecule has 20 heavy (non-hydrogen) atoms. The Morgan fingerprint density at radius 2 is 1.95 bits per heavy atom. The van der Waals surface area contributed by atoms with Crippen molar-refractivity contribution in [2.45, 2.75) is 0 Å². The molecule has 2 rings (SSSR count). The van der Waals surface area contributed by atoms with Crippen molar-refractivity contribution in [3.8, 4) is 6.07 Å². The highest BCUT2D eigenvalue weighted by atomic mass is 35.5. The molecule has 0 aromatic heterocycles. The average Bonchev–Trinajstić information content (AvgIpc) is 2.41. The molecule has 2 aromatic carbocycles. The second-order valence-electron chi connectivity index (χ2n) is 3.99. The normalized spacial score (nSPS) is 9.85. The third-order valence-corrected chi connectivity index (χ3v) is 3.16. The number of amides is 1. The van der Waals surface area contributed by atoms with E-state index >= 15 is 0 Å². The third-order valence-electron chi connectivity index (χ3n) is 2.61. The average molecular weight is 306 g/mol. The number of carbonyl (C=O) groups excluding carboxylic acids is 1. The predicted molar refractivity (Wildman–Crippen MR) is 80.0 cm³/mol. The van der Waals surface area contributed by atoms with E-state index in [-0.39, 0.29) is 10.6 Å². The Morgan fingerprint density at radius 1 is 1.20 bits per heavy atom. The van der Waals surface area contributed by atoms with Gasteiger partial charge in [-0.3, -0.25) is 4.79 Å². The van der Waals surface area contributed by atoms with Gasteiger partial charge in [0.1, 0.15) is 6.07 Å². The number of hydrogen-bond donors (Lipinski definition) is 2. The third kappa shape index (κ3) is 3.02. The molecule has 0 fully saturated rings. The van der Waals surface area contributed by atoms with Gasteiger partial charge in [-0.05, 0) is 36.4 Å². The fourth-order valence-electron chi connectivity index (χ4n) is 1.61. The summed E-state index contributed by atoms with van der Waals surface area (Å²) in [6, 6.07) is 11.2. The molecule has 0 aliphatic carbocycles. The Bertz CT molecular complexity index is 723. The maximum absolute atomic E-state index is 12.1. The van der Waals surface area contributed by atoms with E-state index in [2.05, 4.69) is 5.32 Å². The van der Waals surface area contributed by atoms with Crippen LogP contribution in [0.4, 0.5) is 11.4 Å². The van der Waals surface area contributed by atoms with Crippen LogP contribution in [0, 0.1) is 11.3 Å². The molecule has 0 radical (unpaired) electrons. The fourth-order valence-corrected chi connectivity index (χ4v) is 2.00. The van der Waals surface area contributed by atoms with E-state index in [4.69, 9.17) is 34.2 Å². The highest BCUT2D eigenvalue weighted by molar-refractivity contribution is 6.32. The Balaban J connectivity index is 2.26. The summed E-state index contributed by atoms with van der Waals surface area (Å²) >= 11 is 11.7. The lowest BCUT2D eigenvalue weighted by Gasteiger charge is -2.08. The minimum Gasteiger partial charge on any atom is -0.398 e. The van der Waals surface area contributed by atoms with Gasteiger partial charge < -0.3 is 11.1 Å². The zero-order chi connectivity index (χ0) is 14.7. The summed E-state index contributed by atoms with van der Waals surface area (Å²) in [5, 5.41) is 12.1. The van der Waals surface area contributed by atoms with Gasteiger partial charge in [-0.1, -0.05) is 23.2 Å². The predicted octanol–water partition coefficient (Wildman–Crippen LogP) is 3.70. The van der Waals surface area contributed by atoms with E-state index in [1.807, 2.05) is 6.07 Å². The summed E-state index contributed by atoms with van der Waals surface area (Å²) < 4.78 is 0. The zero-order valence-corrected chi connectivity index (χ0v) is 11.7. The smallest absolute Gasteiger partial charge is 0.257 e. The van der Waals surface area contributed by atoms with Crippen molar-refractivity contribution in [1.82, 2.24) is 0 Å². The number of anilines is 2. The molecule has 6 heteroatoms. The first kappa shape index (κ1) is 14.2. The molecular weight excluding hydrogens is 297 g/mol. The summed E-state index contributed by atoms with van der Waals surface area (Å²) in [5.41, 5.74) is 7.14. The zero-order valence-electron chi connectivity index (χ0n) is 10.2. The number of carbonyl (C=O) groups is 1. The molecule has 0 unspecified atom stereocenters. The molecule has 100 valence electrons. The van der Waals surface area contributed by atoms with Crippen LogP contribution in [0.5, 0.6) is 0 Å². The molecule has 0 spiro atoms. The van der Waals surface area contributed by atoms with Gasteiger partial charge in [-0.15, -0.1) is 0 Å². The van der Waals surface area contributed by atoms with Crippen molar-refractivity contribution in [2.75, 3.05) is 11.1 Å². The first-order valence-corrected chi connectivity index (χ1v) is 6.33. The van der Waals surface area contributed by atoms with Crippen molar-refractivity contribution in [1.29, 1.82) is 5.26 Å². The van der Waals surface area contributed by atoms with Crippen molar-refractivity contribution in [3.05, 3.63) is 57.6 Å². The van der Waals surface area contributed by atoms with Crippen LogP contribution >= 0.6 is 23.2 Å². The van der Waals surface area contributed by atoms with E-state index in [0.29, 0.717) is 22.0 Å². The Morgan fingerprint density at radius 3 is 2.60 bits per heavy atom. The molecule has 0 bridgehead atoms. The second kappa shape index (κ2) is 5.83. The number of nitrogens with one attached hydrogen (secondary N) is 1. The minimum atomic E-state index is -0.397. The van der Waals surface area contributed by atoms with Gasteiger partial charge in [0.25, 0.3) is 5.91 Å². The SMILES string of the molecule is N#Cc1ccc(NC(=O)c2cc(Cl)ccc2N)cc1Cl. The van der Waals surface area contributed by atoms with Crippen molar-refractivity contribution >= 4 is 40.5 Å². The quantitative estimate of drug-likeness (QED) is 0.830. The van der Waals surface area contributed by atoms with Gasteiger partial charge >= 0.3 is 0 Å². The molecule has 2 aromatic rings. The first-order chi connectivity index (χ1) is 9.51. The van der Waals surface area contributed by atoms with Crippen LogP contribution < -0.4 is 11.1 Å². The summed E-state index contributed by atoms with van der Waals surface area (Å²) in [5.74, 6) is -0.397. The molecule has 3 N–H and O–H groups in total. The van der Waals surface area contributed by atoms with E-state index in [0.717, 1.165) is 0 Å². The monoisotopic (exact) mass is 305 g/mol. The number of hydrogen-bond acceptors (Lipinski definition) is 3. The molecule has 0 heterocycles. The summed E-state index contributed by atoms with van der Waals surface area (Å²) in [6.07, 6.45) is 0. The molecule has 0 saturated carbocycles. The van der Waals surface area contributed by atoms with E-state index < -0.39 is 5.91 Å². The van der Waals surface area contributed by atoms with Crippen LogP contribution in [0.25, 0.3) is 0 Å². The summed E-state index contributed by atoms with van der Waals surface area (Å²) in [7, 11) is 0. The van der Waals surface area contributed by atoms with E-state index in [9.17, 15) is 4.79 Å². The van der Waals surface area contributed by atoms with Crippen molar-refractivity contribution < 1.29 is 4.79 Å². The number of nitriles is 1. The molecule has 0 saturated heterocycles. The molecule has 0 atom stereocenters. The molecule has 4 nitrogen and oxygen atoms in total. The van der Waals surface area contributed by atoms with Crippen molar-refractivity contribution in [2.24, 2.45) is 0 Å². The first-order valence-electron chi connectivity index (χ1n) is 5.57. The number of halogens is 2. The van der Waals surface area contributed by atoms with Crippen LogP contribution in [-0.4, -0.2) is 5.91 Å². The van der Waals surface area contributed by atoms with Gasteiger partial charge in [0.2, 0.25) is 0 Å². The molecule has 0 aliphatic heterocycles. The van der Waals surface area contributed by atoms with Gasteiger partial charge in [-0.25, -0.2) is 0 Å². The standard InChI is InChI=1S/C14H9Cl2N3O/c15-9-2-4-13(18)11(5-9)14(20)19-10-3-1-8(7-17)12(16)6-10/h1-6H,18H2,(H,19,20). The lowest BCUT2D eigenvalue weighted by molar-refractivity contribution is 0.102. The molecule has 0 aliphatic rings. The topological polar surface area (TPSA) is 78.9 Å². The molecular formula is C14H9Cl2N3O. The fraction of sp³-hybridized carbons (Fsp3) is 0. The Kier molecular flexibility index (Phi) is 4.14. The van der Waals surface area contributed by atoms with Gasteiger partial charge in [0.05, 0.1) is 16.1 Å². The maximum atomic E-state index is 12.1. The summed E-state index contributed by atoms with van der Waals surface area (Å²) in [4.78, 5) is 12.1. The van der Waals surface area contributed by atoms with Gasteiger partial charge in [0, 0.05) is 16.4 Å². The Labute approximate surface area is 125 Å². The van der Waals surface area contributed by atoms with Crippen LogP contribution in [0.1, 0.15) is 15.9 Å². The van der Waals surface area contributed by atoms with Gasteiger partial charge in [-0.2, -0.15) is 5.26 Å². The lowest BCUT2D eigenvalue weighted by atomic mass is 10.1. The number of nitrogens with zero attached hydrogens (tertiary/aromatic N) is 1. The Hall–Kier alpha value is -2.22. The maximum Gasteiger partial charge on any atom is 0.257 e. The van der Waals surface area contributed by atoms with Crippen molar-refractivity contribution in [3.63, 3.8) is 0 Å². The number of benzene rings is 2. The lowest BCUT2D eigenvalue weighted by Crippen LogP contribution is -2.14. The van der Waals surface area contributed by atoms with Crippen LogP contribution in [0.15, 0.2) is 36.4 Å². The molecule has 1 amide bonds. The second-order valence-corrected chi connectivity index (χ2v) is 4.84. The summed E-state index contributed by atoms with van der Waals surface area (Å²) in [6.45, 7) is 0. The van der Waals surface area contributed by atoms with Crippen LogP contribution in [-0.2, 0) is 0 Å².